The smallest absolute Gasteiger partial charge is 0.263 e. The first kappa shape index (κ1) is 12.2. The fourth-order valence-electron chi connectivity index (χ4n) is 1.83. The van der Waals surface area contributed by atoms with E-state index in [1.54, 1.807) is 31.4 Å². The van der Waals surface area contributed by atoms with Gasteiger partial charge in [-0.1, -0.05) is 12.1 Å². The third-order valence-electron chi connectivity index (χ3n) is 2.84. The molecule has 2 N–H and O–H groups in total. The SMILES string of the molecule is COc1ccc(Oc2nc3ccccc3nc2N)cc1. The summed E-state index contributed by atoms with van der Waals surface area (Å²) in [6.07, 6.45) is 0. The number of para-hydroxylation sites is 2. The summed E-state index contributed by atoms with van der Waals surface area (Å²) in [6.45, 7) is 0. The van der Waals surface area contributed by atoms with Crippen LogP contribution in [-0.2, 0) is 0 Å². The molecule has 20 heavy (non-hydrogen) atoms. The number of hydrogen-bond acceptors (Lipinski definition) is 5. The van der Waals surface area contributed by atoms with Crippen molar-refractivity contribution in [3.63, 3.8) is 0 Å². The number of nitrogen functional groups attached to an aromatic ring is 1. The molecule has 0 atom stereocenters. The number of rotatable bonds is 3. The highest BCUT2D eigenvalue weighted by Crippen LogP contribution is 2.27. The first-order chi connectivity index (χ1) is 9.76. The fourth-order valence-corrected chi connectivity index (χ4v) is 1.83. The lowest BCUT2D eigenvalue weighted by atomic mass is 10.3. The Morgan fingerprint density at radius 1 is 0.850 bits per heavy atom. The molecule has 0 saturated heterocycles. The van der Waals surface area contributed by atoms with Crippen molar-refractivity contribution in [2.75, 3.05) is 12.8 Å². The summed E-state index contributed by atoms with van der Waals surface area (Å²) in [4.78, 5) is 8.64. The minimum atomic E-state index is 0.263. The molecule has 5 heteroatoms. The van der Waals surface area contributed by atoms with Crippen molar-refractivity contribution in [2.24, 2.45) is 0 Å². The molecule has 0 amide bonds. The van der Waals surface area contributed by atoms with Crippen molar-refractivity contribution in [3.05, 3.63) is 48.5 Å². The molecular weight excluding hydrogens is 254 g/mol. The maximum Gasteiger partial charge on any atom is 0.263 e. The number of benzene rings is 2. The third-order valence-corrected chi connectivity index (χ3v) is 2.84. The number of anilines is 1. The largest absolute Gasteiger partial charge is 0.497 e. The molecule has 3 aromatic rings. The van der Waals surface area contributed by atoms with Gasteiger partial charge >= 0.3 is 0 Å². The van der Waals surface area contributed by atoms with Crippen molar-refractivity contribution in [2.45, 2.75) is 0 Å². The van der Waals surface area contributed by atoms with Gasteiger partial charge in [-0.05, 0) is 36.4 Å². The third kappa shape index (κ3) is 2.33. The zero-order valence-corrected chi connectivity index (χ0v) is 10.9. The molecule has 1 heterocycles. The standard InChI is InChI=1S/C15H13N3O2/c1-19-10-6-8-11(9-7-10)20-15-14(16)17-12-4-2-3-5-13(12)18-15/h2-9H,1H3,(H2,16,17). The van der Waals surface area contributed by atoms with Gasteiger partial charge in [0, 0.05) is 0 Å². The number of ether oxygens (including phenoxy) is 2. The zero-order valence-electron chi connectivity index (χ0n) is 10.9. The van der Waals surface area contributed by atoms with Crippen LogP contribution in [0.5, 0.6) is 17.4 Å². The number of fused-ring (bicyclic) bond motifs is 1. The van der Waals surface area contributed by atoms with Crippen LogP contribution in [0, 0.1) is 0 Å². The number of hydrogen-bond donors (Lipinski definition) is 1. The second kappa shape index (κ2) is 5.05. The van der Waals surface area contributed by atoms with Gasteiger partial charge in [0.15, 0.2) is 5.82 Å². The molecule has 0 fully saturated rings. The van der Waals surface area contributed by atoms with Gasteiger partial charge in [0.2, 0.25) is 0 Å². The van der Waals surface area contributed by atoms with Crippen LogP contribution in [0.15, 0.2) is 48.5 Å². The van der Waals surface area contributed by atoms with E-state index >= 15 is 0 Å². The van der Waals surface area contributed by atoms with Gasteiger partial charge in [0.25, 0.3) is 5.88 Å². The molecule has 0 bridgehead atoms. The van der Waals surface area contributed by atoms with E-state index in [1.165, 1.54) is 0 Å². The Hall–Kier alpha value is -2.82. The van der Waals surface area contributed by atoms with Crippen molar-refractivity contribution in [3.8, 4) is 17.4 Å². The van der Waals surface area contributed by atoms with Crippen LogP contribution in [0.2, 0.25) is 0 Å². The molecule has 0 aliphatic rings. The minimum absolute atomic E-state index is 0.263. The molecule has 1 aromatic heterocycles. The van der Waals surface area contributed by atoms with Gasteiger partial charge in [-0.15, -0.1) is 0 Å². The highest BCUT2D eigenvalue weighted by molar-refractivity contribution is 5.76. The maximum absolute atomic E-state index is 5.87. The van der Waals surface area contributed by atoms with E-state index in [0.717, 1.165) is 16.8 Å². The molecule has 0 radical (unpaired) electrons. The predicted octanol–water partition coefficient (Wildman–Crippen LogP) is 3.01. The van der Waals surface area contributed by atoms with E-state index in [4.69, 9.17) is 15.2 Å². The minimum Gasteiger partial charge on any atom is -0.497 e. The normalized spacial score (nSPS) is 10.4. The van der Waals surface area contributed by atoms with E-state index in [0.29, 0.717) is 11.6 Å². The number of nitrogens with two attached hydrogens (primary N) is 1. The molecule has 5 nitrogen and oxygen atoms in total. The molecule has 0 unspecified atom stereocenters. The van der Waals surface area contributed by atoms with Gasteiger partial charge in [-0.25, -0.2) is 9.97 Å². The summed E-state index contributed by atoms with van der Waals surface area (Å²) >= 11 is 0. The average molecular weight is 267 g/mol. The van der Waals surface area contributed by atoms with Crippen molar-refractivity contribution >= 4 is 16.9 Å². The van der Waals surface area contributed by atoms with Crippen molar-refractivity contribution in [1.29, 1.82) is 0 Å². The van der Waals surface area contributed by atoms with Crippen LogP contribution in [-0.4, -0.2) is 17.1 Å². The highest BCUT2D eigenvalue weighted by Gasteiger charge is 2.08. The molecule has 0 spiro atoms. The molecule has 0 aliphatic heterocycles. The van der Waals surface area contributed by atoms with E-state index in [9.17, 15) is 0 Å². The first-order valence-corrected chi connectivity index (χ1v) is 6.10. The van der Waals surface area contributed by atoms with Crippen LogP contribution < -0.4 is 15.2 Å². The average Bonchev–Trinajstić information content (AvgIpc) is 2.49. The van der Waals surface area contributed by atoms with Crippen LogP contribution in [0.25, 0.3) is 11.0 Å². The highest BCUT2D eigenvalue weighted by atomic mass is 16.5. The summed E-state index contributed by atoms with van der Waals surface area (Å²) in [5.41, 5.74) is 7.35. The number of methoxy groups -OCH3 is 1. The second-order valence-electron chi connectivity index (χ2n) is 4.18. The van der Waals surface area contributed by atoms with E-state index in [-0.39, 0.29) is 5.82 Å². The predicted molar refractivity (Wildman–Crippen MR) is 77.0 cm³/mol. The molecule has 0 aliphatic carbocycles. The van der Waals surface area contributed by atoms with Gasteiger partial charge in [-0.3, -0.25) is 0 Å². The van der Waals surface area contributed by atoms with Gasteiger partial charge in [0.1, 0.15) is 11.5 Å². The lowest BCUT2D eigenvalue weighted by molar-refractivity contribution is 0.412. The van der Waals surface area contributed by atoms with Gasteiger partial charge in [0.05, 0.1) is 18.1 Å². The summed E-state index contributed by atoms with van der Waals surface area (Å²) < 4.78 is 10.8. The quantitative estimate of drug-likeness (QED) is 0.789. The monoisotopic (exact) mass is 267 g/mol. The maximum atomic E-state index is 5.87. The lowest BCUT2D eigenvalue weighted by Crippen LogP contribution is -1.99. The van der Waals surface area contributed by atoms with Gasteiger partial charge < -0.3 is 15.2 Å². The Kier molecular flexibility index (Phi) is 3.09. The lowest BCUT2D eigenvalue weighted by Gasteiger charge is -2.08. The Morgan fingerprint density at radius 3 is 2.10 bits per heavy atom. The molecule has 3 rings (SSSR count). The molecule has 2 aromatic carbocycles. The number of aromatic nitrogens is 2. The molecule has 0 saturated carbocycles. The summed E-state index contributed by atoms with van der Waals surface area (Å²) in [5, 5.41) is 0. The van der Waals surface area contributed by atoms with E-state index in [1.807, 2.05) is 24.3 Å². The van der Waals surface area contributed by atoms with Crippen LogP contribution in [0.4, 0.5) is 5.82 Å². The Labute approximate surface area is 116 Å². The van der Waals surface area contributed by atoms with Crippen molar-refractivity contribution in [1.82, 2.24) is 9.97 Å². The zero-order chi connectivity index (χ0) is 13.9. The first-order valence-electron chi connectivity index (χ1n) is 6.10. The Morgan fingerprint density at radius 2 is 1.45 bits per heavy atom. The topological polar surface area (TPSA) is 70.3 Å². The van der Waals surface area contributed by atoms with E-state index < -0.39 is 0 Å². The molecular formula is C15H13N3O2. The Balaban J connectivity index is 1.94. The van der Waals surface area contributed by atoms with Gasteiger partial charge in [-0.2, -0.15) is 0 Å². The van der Waals surface area contributed by atoms with Crippen LogP contribution in [0.1, 0.15) is 0 Å². The van der Waals surface area contributed by atoms with Crippen molar-refractivity contribution < 1.29 is 9.47 Å². The van der Waals surface area contributed by atoms with E-state index in [2.05, 4.69) is 9.97 Å². The summed E-state index contributed by atoms with van der Waals surface area (Å²) in [6, 6.07) is 14.7. The Bertz CT molecular complexity index is 742. The summed E-state index contributed by atoms with van der Waals surface area (Å²) in [7, 11) is 1.61. The van der Waals surface area contributed by atoms with Crippen LogP contribution in [0.3, 0.4) is 0 Å². The molecule has 100 valence electrons. The second-order valence-corrected chi connectivity index (χ2v) is 4.18. The fraction of sp³-hybridized carbons (Fsp3) is 0.0667. The summed E-state index contributed by atoms with van der Waals surface area (Å²) in [5.74, 6) is 1.95. The van der Waals surface area contributed by atoms with Crippen LogP contribution >= 0.6 is 0 Å². The number of nitrogens with zero attached hydrogens (tertiary/aromatic N) is 2.